The number of nitrogens with one attached hydrogen (secondary N) is 2. The summed E-state index contributed by atoms with van der Waals surface area (Å²) in [6.45, 7) is 0. The van der Waals surface area contributed by atoms with E-state index in [1.165, 1.54) is 20.3 Å². The van der Waals surface area contributed by atoms with Gasteiger partial charge in [-0.1, -0.05) is 0 Å². The van der Waals surface area contributed by atoms with Gasteiger partial charge in [0.25, 0.3) is 0 Å². The van der Waals surface area contributed by atoms with Gasteiger partial charge in [-0.2, -0.15) is 12.7 Å². The van der Waals surface area contributed by atoms with E-state index < -0.39 is 10.2 Å². The van der Waals surface area contributed by atoms with E-state index in [9.17, 15) is 8.42 Å². The minimum Gasteiger partial charge on any atom is -0.497 e. The minimum absolute atomic E-state index is 0.367. The molecule has 0 atom stereocenters. The van der Waals surface area contributed by atoms with Crippen LogP contribution in [0.5, 0.6) is 11.5 Å². The Balaban J connectivity index is 2.18. The molecule has 0 fully saturated rings. The van der Waals surface area contributed by atoms with Crippen molar-refractivity contribution in [1.29, 1.82) is 0 Å². The van der Waals surface area contributed by atoms with Crippen LogP contribution < -0.4 is 19.5 Å². The van der Waals surface area contributed by atoms with E-state index >= 15 is 0 Å². The summed E-state index contributed by atoms with van der Waals surface area (Å²) in [7, 11) is 2.48. The summed E-state index contributed by atoms with van der Waals surface area (Å²) in [5, 5.41) is 3.11. The van der Waals surface area contributed by atoms with Crippen molar-refractivity contribution in [3.63, 3.8) is 0 Å². The number of ether oxygens (including phenoxy) is 2. The number of pyridine rings is 1. The molecule has 0 unspecified atom stereocenters. The number of methoxy groups -OCH3 is 2. The normalized spacial score (nSPS) is 11.2. The third-order valence-electron chi connectivity index (χ3n) is 3.16. The first-order valence-corrected chi connectivity index (χ1v) is 8.45. The van der Waals surface area contributed by atoms with E-state index in [-0.39, 0.29) is 0 Å². The van der Waals surface area contributed by atoms with Crippen molar-refractivity contribution in [2.45, 2.75) is 0 Å². The minimum atomic E-state index is -3.56. The first-order chi connectivity index (χ1) is 11.4. The third-order valence-corrected chi connectivity index (χ3v) is 4.62. The van der Waals surface area contributed by atoms with Gasteiger partial charge in [0.1, 0.15) is 17.3 Å². The standard InChI is InChI=1S/C15H20N4O4S/c1-19(2)24(20,21)18-11-5-8-15(16-10-11)17-13-9-12(22-3)6-7-14(13)23-4/h5-10,18H,1-4H3,(H,16,17). The van der Waals surface area contributed by atoms with Crippen LogP contribution in [0.1, 0.15) is 0 Å². The zero-order valence-corrected chi connectivity index (χ0v) is 14.7. The molecule has 0 spiro atoms. The zero-order valence-electron chi connectivity index (χ0n) is 13.9. The third kappa shape index (κ3) is 4.27. The lowest BCUT2D eigenvalue weighted by atomic mass is 10.2. The highest BCUT2D eigenvalue weighted by atomic mass is 32.2. The summed E-state index contributed by atoms with van der Waals surface area (Å²) in [4.78, 5) is 4.20. The van der Waals surface area contributed by atoms with Crippen molar-refractivity contribution in [2.24, 2.45) is 0 Å². The van der Waals surface area contributed by atoms with E-state index in [1.54, 1.807) is 44.6 Å². The van der Waals surface area contributed by atoms with Crippen LogP contribution >= 0.6 is 0 Å². The molecule has 1 aromatic carbocycles. The quantitative estimate of drug-likeness (QED) is 0.792. The fourth-order valence-electron chi connectivity index (χ4n) is 1.82. The second-order valence-electron chi connectivity index (χ2n) is 5.01. The number of anilines is 3. The van der Waals surface area contributed by atoms with Gasteiger partial charge in [0, 0.05) is 20.2 Å². The second-order valence-corrected chi connectivity index (χ2v) is 6.90. The van der Waals surface area contributed by atoms with E-state index in [0.29, 0.717) is 28.7 Å². The number of nitrogens with zero attached hydrogens (tertiary/aromatic N) is 2. The molecule has 24 heavy (non-hydrogen) atoms. The molecule has 0 radical (unpaired) electrons. The van der Waals surface area contributed by atoms with E-state index in [1.807, 2.05) is 0 Å². The highest BCUT2D eigenvalue weighted by Crippen LogP contribution is 2.31. The first-order valence-electron chi connectivity index (χ1n) is 7.01. The summed E-state index contributed by atoms with van der Waals surface area (Å²) in [5.41, 5.74) is 1.05. The largest absolute Gasteiger partial charge is 0.497 e. The average Bonchev–Trinajstić information content (AvgIpc) is 2.56. The Morgan fingerprint density at radius 2 is 1.83 bits per heavy atom. The second kappa shape index (κ2) is 7.37. The van der Waals surface area contributed by atoms with Crippen molar-refractivity contribution in [3.8, 4) is 11.5 Å². The summed E-state index contributed by atoms with van der Waals surface area (Å²) < 4.78 is 37.5. The molecule has 2 N–H and O–H groups in total. The van der Waals surface area contributed by atoms with Crippen LogP contribution in [0.25, 0.3) is 0 Å². The van der Waals surface area contributed by atoms with Gasteiger partial charge in [-0.05, 0) is 24.3 Å². The Morgan fingerprint density at radius 1 is 1.08 bits per heavy atom. The van der Waals surface area contributed by atoms with Gasteiger partial charge >= 0.3 is 10.2 Å². The molecule has 0 saturated carbocycles. The van der Waals surface area contributed by atoms with Crippen molar-refractivity contribution in [2.75, 3.05) is 38.4 Å². The number of hydrogen-bond donors (Lipinski definition) is 2. The molecule has 0 amide bonds. The lowest BCUT2D eigenvalue weighted by Gasteiger charge is -2.14. The van der Waals surface area contributed by atoms with Crippen LogP contribution in [0.15, 0.2) is 36.5 Å². The molecule has 1 aromatic heterocycles. The molecule has 1 heterocycles. The zero-order chi connectivity index (χ0) is 17.7. The lowest BCUT2D eigenvalue weighted by molar-refractivity contribution is 0.405. The van der Waals surface area contributed by atoms with Crippen LogP contribution in [0.4, 0.5) is 17.2 Å². The number of rotatable bonds is 7. The molecule has 8 nitrogen and oxygen atoms in total. The molecule has 2 rings (SSSR count). The van der Waals surface area contributed by atoms with Gasteiger partial charge in [0.15, 0.2) is 0 Å². The highest BCUT2D eigenvalue weighted by molar-refractivity contribution is 7.90. The fourth-order valence-corrected chi connectivity index (χ4v) is 2.42. The van der Waals surface area contributed by atoms with Crippen LogP contribution in [0.3, 0.4) is 0 Å². The van der Waals surface area contributed by atoms with Gasteiger partial charge in [0.05, 0.1) is 31.8 Å². The molecule has 0 aliphatic rings. The molecule has 2 aromatic rings. The first kappa shape index (κ1) is 17.8. The number of aromatic nitrogens is 1. The average molecular weight is 352 g/mol. The lowest BCUT2D eigenvalue weighted by Crippen LogP contribution is -2.28. The molecule has 0 aliphatic carbocycles. The van der Waals surface area contributed by atoms with Gasteiger partial charge in [-0.25, -0.2) is 4.98 Å². The monoisotopic (exact) mass is 352 g/mol. The number of hydrogen-bond acceptors (Lipinski definition) is 6. The van der Waals surface area contributed by atoms with E-state index in [4.69, 9.17) is 9.47 Å². The summed E-state index contributed by atoms with van der Waals surface area (Å²) >= 11 is 0. The Morgan fingerprint density at radius 3 is 2.38 bits per heavy atom. The molecule has 130 valence electrons. The SMILES string of the molecule is COc1ccc(OC)c(Nc2ccc(NS(=O)(=O)N(C)C)cn2)c1. The van der Waals surface area contributed by atoms with Crippen molar-refractivity contribution in [1.82, 2.24) is 9.29 Å². The van der Waals surface area contributed by atoms with E-state index in [0.717, 1.165) is 4.31 Å². The molecular weight excluding hydrogens is 332 g/mol. The van der Waals surface area contributed by atoms with Crippen molar-refractivity contribution < 1.29 is 17.9 Å². The van der Waals surface area contributed by atoms with Gasteiger partial charge in [-0.15, -0.1) is 0 Å². The van der Waals surface area contributed by atoms with Crippen LogP contribution in [-0.2, 0) is 10.2 Å². The van der Waals surface area contributed by atoms with Crippen LogP contribution in [-0.4, -0.2) is 46.0 Å². The maximum Gasteiger partial charge on any atom is 0.301 e. The number of benzene rings is 1. The molecule has 0 bridgehead atoms. The molecule has 9 heteroatoms. The van der Waals surface area contributed by atoms with Crippen LogP contribution in [0.2, 0.25) is 0 Å². The fraction of sp³-hybridized carbons (Fsp3) is 0.267. The van der Waals surface area contributed by atoms with E-state index in [2.05, 4.69) is 15.0 Å². The predicted octanol–water partition coefficient (Wildman–Crippen LogP) is 2.06. The Bertz CT molecular complexity index is 792. The highest BCUT2D eigenvalue weighted by Gasteiger charge is 2.13. The van der Waals surface area contributed by atoms with Gasteiger partial charge < -0.3 is 14.8 Å². The smallest absolute Gasteiger partial charge is 0.301 e. The van der Waals surface area contributed by atoms with Gasteiger partial charge in [-0.3, -0.25) is 4.72 Å². The summed E-state index contributed by atoms with van der Waals surface area (Å²) in [6, 6.07) is 8.62. The molecule has 0 saturated heterocycles. The molecule has 0 aliphatic heterocycles. The Kier molecular flexibility index (Phi) is 5.47. The Hall–Kier alpha value is -2.52. The van der Waals surface area contributed by atoms with Gasteiger partial charge in [0.2, 0.25) is 0 Å². The summed E-state index contributed by atoms with van der Waals surface area (Å²) in [5.74, 6) is 1.85. The predicted molar refractivity (Wildman–Crippen MR) is 93.3 cm³/mol. The van der Waals surface area contributed by atoms with Crippen LogP contribution in [0, 0.1) is 0 Å². The Labute approximate surface area is 141 Å². The topological polar surface area (TPSA) is 92.8 Å². The maximum absolute atomic E-state index is 11.8. The maximum atomic E-state index is 11.8. The molecular formula is C15H20N4O4S. The van der Waals surface area contributed by atoms with Crippen molar-refractivity contribution >= 4 is 27.4 Å². The summed E-state index contributed by atoms with van der Waals surface area (Å²) in [6.07, 6.45) is 1.43. The van der Waals surface area contributed by atoms with Crippen molar-refractivity contribution in [3.05, 3.63) is 36.5 Å².